The summed E-state index contributed by atoms with van der Waals surface area (Å²) in [4.78, 5) is 16.7. The fourth-order valence-corrected chi connectivity index (χ4v) is 4.15. The molecule has 0 unspecified atom stereocenters. The van der Waals surface area contributed by atoms with Crippen LogP contribution in [0.3, 0.4) is 0 Å². The van der Waals surface area contributed by atoms with Gasteiger partial charge in [0.1, 0.15) is 5.75 Å². The number of benzene rings is 2. The molecule has 3 aromatic rings. The van der Waals surface area contributed by atoms with Crippen molar-refractivity contribution in [3.8, 4) is 5.75 Å². The van der Waals surface area contributed by atoms with E-state index in [1.54, 1.807) is 35.4 Å². The van der Waals surface area contributed by atoms with Crippen LogP contribution in [0.2, 0.25) is 10.0 Å². The highest BCUT2D eigenvalue weighted by Gasteiger charge is 2.30. The van der Waals surface area contributed by atoms with Gasteiger partial charge in [-0.25, -0.2) is 4.68 Å². The summed E-state index contributed by atoms with van der Waals surface area (Å²) in [6.45, 7) is 2.84. The van der Waals surface area contributed by atoms with Crippen LogP contribution in [0.25, 0.3) is 0 Å². The number of piperazine rings is 1. The second kappa shape index (κ2) is 10.2. The molecule has 6 nitrogen and oxygen atoms in total. The number of carbonyl (C=O) groups excluding carboxylic acids is 1. The van der Waals surface area contributed by atoms with Crippen LogP contribution < -0.4 is 4.74 Å². The minimum absolute atomic E-state index is 0.0629. The lowest BCUT2D eigenvalue weighted by molar-refractivity contribution is -0.137. The molecule has 1 amide bonds. The van der Waals surface area contributed by atoms with Crippen molar-refractivity contribution in [3.05, 3.63) is 81.6 Å². The fraction of sp³-hybridized carbons (Fsp3) is 0.304. The van der Waals surface area contributed by atoms with Crippen molar-refractivity contribution in [2.24, 2.45) is 0 Å². The summed E-state index contributed by atoms with van der Waals surface area (Å²) in [7, 11) is 0. The first-order chi connectivity index (χ1) is 16.2. The van der Waals surface area contributed by atoms with Gasteiger partial charge in [-0.05, 0) is 36.4 Å². The Balaban J connectivity index is 1.30. The molecule has 0 bridgehead atoms. The molecule has 180 valence electrons. The monoisotopic (exact) mass is 512 g/mol. The van der Waals surface area contributed by atoms with Crippen LogP contribution >= 0.6 is 23.2 Å². The number of nitrogens with zero attached hydrogens (tertiary/aromatic N) is 4. The molecular formula is C23H21Cl2F3N4O2. The zero-order valence-electron chi connectivity index (χ0n) is 17.9. The quantitative estimate of drug-likeness (QED) is 0.455. The molecule has 0 radical (unpaired) electrons. The maximum Gasteiger partial charge on any atom is 0.416 e. The van der Waals surface area contributed by atoms with E-state index in [1.165, 1.54) is 16.8 Å². The van der Waals surface area contributed by atoms with E-state index in [4.69, 9.17) is 27.9 Å². The van der Waals surface area contributed by atoms with E-state index in [2.05, 4.69) is 10.00 Å². The minimum Gasteiger partial charge on any atom is -0.471 e. The molecule has 1 aliphatic heterocycles. The summed E-state index contributed by atoms with van der Waals surface area (Å²) in [5.41, 5.74) is 0.317. The first-order valence-electron chi connectivity index (χ1n) is 10.5. The largest absolute Gasteiger partial charge is 0.471 e. The van der Waals surface area contributed by atoms with Crippen molar-refractivity contribution in [2.45, 2.75) is 19.5 Å². The van der Waals surface area contributed by atoms with Crippen molar-refractivity contribution in [3.63, 3.8) is 0 Å². The van der Waals surface area contributed by atoms with Gasteiger partial charge in [0, 0.05) is 54.5 Å². The number of halogens is 5. The van der Waals surface area contributed by atoms with E-state index in [0.29, 0.717) is 42.8 Å². The normalized spacial score (nSPS) is 14.9. The van der Waals surface area contributed by atoms with E-state index in [0.717, 1.165) is 17.7 Å². The molecule has 0 aliphatic carbocycles. The van der Waals surface area contributed by atoms with E-state index >= 15 is 0 Å². The standard InChI is InChI=1S/C23H21Cl2F3N4O2/c24-19-5-2-6-20(25)18(19)14-30-9-11-31(12-10-30)22(33)21-7-8-32(29-21)15-34-17-4-1-3-16(13-17)23(26,27)28/h1-8,13H,9-12,14-15H2. The summed E-state index contributed by atoms with van der Waals surface area (Å²) in [6, 6.07) is 11.6. The molecule has 0 N–H and O–H groups in total. The Hall–Kier alpha value is -2.75. The van der Waals surface area contributed by atoms with Gasteiger partial charge in [0.2, 0.25) is 0 Å². The van der Waals surface area contributed by atoms with Crippen LogP contribution in [0.15, 0.2) is 54.7 Å². The highest BCUT2D eigenvalue weighted by atomic mass is 35.5. The summed E-state index contributed by atoms with van der Waals surface area (Å²) >= 11 is 12.5. The van der Waals surface area contributed by atoms with Crippen molar-refractivity contribution in [1.82, 2.24) is 19.6 Å². The molecule has 0 saturated carbocycles. The second-order valence-corrected chi connectivity index (χ2v) is 8.62. The molecule has 1 aromatic heterocycles. The van der Waals surface area contributed by atoms with Gasteiger partial charge in [-0.3, -0.25) is 9.69 Å². The maximum atomic E-state index is 12.8. The van der Waals surface area contributed by atoms with Gasteiger partial charge in [0.15, 0.2) is 12.4 Å². The Labute approximate surface area is 204 Å². The number of ether oxygens (including phenoxy) is 1. The smallest absolute Gasteiger partial charge is 0.416 e. The fourth-order valence-electron chi connectivity index (χ4n) is 3.63. The van der Waals surface area contributed by atoms with Gasteiger partial charge in [-0.15, -0.1) is 0 Å². The third kappa shape index (κ3) is 5.84. The van der Waals surface area contributed by atoms with Gasteiger partial charge in [-0.1, -0.05) is 35.3 Å². The predicted molar refractivity (Wildman–Crippen MR) is 122 cm³/mol. The van der Waals surface area contributed by atoms with Crippen LogP contribution in [-0.2, 0) is 19.5 Å². The molecular weight excluding hydrogens is 492 g/mol. The summed E-state index contributed by atoms with van der Waals surface area (Å²) in [5, 5.41) is 5.44. The predicted octanol–water partition coefficient (Wildman–Crippen LogP) is 5.20. The Kier molecular flexibility index (Phi) is 7.35. The van der Waals surface area contributed by atoms with Gasteiger partial charge in [-0.2, -0.15) is 18.3 Å². The number of alkyl halides is 3. The van der Waals surface area contributed by atoms with Gasteiger partial charge in [0.05, 0.1) is 5.56 Å². The molecule has 1 fully saturated rings. The van der Waals surface area contributed by atoms with E-state index in [-0.39, 0.29) is 24.1 Å². The van der Waals surface area contributed by atoms with Gasteiger partial charge >= 0.3 is 6.18 Å². The number of hydrogen-bond donors (Lipinski definition) is 0. The zero-order chi connectivity index (χ0) is 24.3. The van der Waals surface area contributed by atoms with E-state index in [1.807, 2.05) is 0 Å². The number of rotatable bonds is 6. The van der Waals surface area contributed by atoms with Gasteiger partial charge in [0.25, 0.3) is 5.91 Å². The SMILES string of the molecule is O=C(c1ccn(COc2cccc(C(F)(F)F)c2)n1)N1CCN(Cc2c(Cl)cccc2Cl)CC1. The Morgan fingerprint density at radius 3 is 2.35 bits per heavy atom. The summed E-state index contributed by atoms with van der Waals surface area (Å²) in [5.74, 6) is -0.152. The average molecular weight is 513 g/mol. The molecule has 2 heterocycles. The number of carbonyl (C=O) groups is 1. The van der Waals surface area contributed by atoms with Crippen molar-refractivity contribution >= 4 is 29.1 Å². The van der Waals surface area contributed by atoms with Crippen molar-refractivity contribution < 1.29 is 22.7 Å². The van der Waals surface area contributed by atoms with E-state index < -0.39 is 11.7 Å². The molecule has 11 heteroatoms. The Morgan fingerprint density at radius 1 is 1.00 bits per heavy atom. The molecule has 0 atom stereocenters. The minimum atomic E-state index is -4.45. The van der Waals surface area contributed by atoms with Crippen LogP contribution in [0.5, 0.6) is 5.75 Å². The lowest BCUT2D eigenvalue weighted by Gasteiger charge is -2.34. The van der Waals surface area contributed by atoms with Crippen LogP contribution in [0.4, 0.5) is 13.2 Å². The Morgan fingerprint density at radius 2 is 1.68 bits per heavy atom. The van der Waals surface area contributed by atoms with Crippen LogP contribution in [0.1, 0.15) is 21.6 Å². The summed E-state index contributed by atoms with van der Waals surface area (Å²) < 4.78 is 45.3. The molecule has 34 heavy (non-hydrogen) atoms. The number of hydrogen-bond acceptors (Lipinski definition) is 4. The zero-order valence-corrected chi connectivity index (χ0v) is 19.4. The maximum absolute atomic E-state index is 12.8. The highest BCUT2D eigenvalue weighted by Crippen LogP contribution is 2.31. The summed E-state index contributed by atoms with van der Waals surface area (Å²) in [6.07, 6.45) is -2.90. The van der Waals surface area contributed by atoms with Crippen LogP contribution in [-0.4, -0.2) is 51.7 Å². The number of amides is 1. The lowest BCUT2D eigenvalue weighted by Crippen LogP contribution is -2.48. The van der Waals surface area contributed by atoms with E-state index in [9.17, 15) is 18.0 Å². The molecule has 1 saturated heterocycles. The molecule has 4 rings (SSSR count). The Bertz CT molecular complexity index is 1140. The van der Waals surface area contributed by atoms with Gasteiger partial charge < -0.3 is 9.64 Å². The lowest BCUT2D eigenvalue weighted by atomic mass is 10.2. The number of aromatic nitrogens is 2. The first-order valence-corrected chi connectivity index (χ1v) is 11.2. The topological polar surface area (TPSA) is 50.6 Å². The average Bonchev–Trinajstić information content (AvgIpc) is 3.29. The van der Waals surface area contributed by atoms with Crippen molar-refractivity contribution in [2.75, 3.05) is 26.2 Å². The highest BCUT2D eigenvalue weighted by molar-refractivity contribution is 6.35. The second-order valence-electron chi connectivity index (χ2n) is 7.81. The van der Waals surface area contributed by atoms with Crippen LogP contribution in [0, 0.1) is 0 Å². The van der Waals surface area contributed by atoms with Crippen molar-refractivity contribution in [1.29, 1.82) is 0 Å². The molecule has 1 aliphatic rings. The first kappa shape index (κ1) is 24.4. The third-order valence-corrected chi connectivity index (χ3v) is 6.20. The molecule has 2 aromatic carbocycles. The molecule has 0 spiro atoms. The third-order valence-electron chi connectivity index (χ3n) is 5.49.